The number of rotatable bonds is 5. The van der Waals surface area contributed by atoms with Gasteiger partial charge in [-0.05, 0) is 47.8 Å². The van der Waals surface area contributed by atoms with Crippen molar-refractivity contribution in [1.82, 2.24) is 0 Å². The van der Waals surface area contributed by atoms with Crippen molar-refractivity contribution in [1.29, 1.82) is 0 Å². The van der Waals surface area contributed by atoms with Gasteiger partial charge in [0, 0.05) is 6.42 Å². The highest BCUT2D eigenvalue weighted by molar-refractivity contribution is 5.66. The number of benzene rings is 1. The molecule has 0 radical (unpaired) electrons. The lowest BCUT2D eigenvalue weighted by Crippen LogP contribution is -2.12. The highest BCUT2D eigenvalue weighted by Crippen LogP contribution is 2.29. The van der Waals surface area contributed by atoms with Gasteiger partial charge in [-0.15, -0.1) is 0 Å². The van der Waals surface area contributed by atoms with E-state index >= 15 is 0 Å². The number of aliphatic carboxylic acids is 1. The van der Waals surface area contributed by atoms with Gasteiger partial charge in [0.25, 0.3) is 0 Å². The van der Waals surface area contributed by atoms with Gasteiger partial charge in [0.1, 0.15) is 0 Å². The van der Waals surface area contributed by atoms with Gasteiger partial charge < -0.3 is 5.11 Å². The molecule has 19 heavy (non-hydrogen) atoms. The predicted molar refractivity (Wildman–Crippen MR) is 79.8 cm³/mol. The van der Waals surface area contributed by atoms with Crippen LogP contribution in [0.4, 0.5) is 0 Å². The summed E-state index contributed by atoms with van der Waals surface area (Å²) in [7, 11) is 0. The topological polar surface area (TPSA) is 37.3 Å². The molecular weight excluding hydrogens is 236 g/mol. The molecule has 0 fully saturated rings. The van der Waals surface area contributed by atoms with Crippen LogP contribution in [0.5, 0.6) is 0 Å². The van der Waals surface area contributed by atoms with Crippen molar-refractivity contribution in [3.8, 4) is 0 Å². The summed E-state index contributed by atoms with van der Waals surface area (Å²) in [6, 6.07) is 6.68. The lowest BCUT2D eigenvalue weighted by atomic mass is 9.83. The Balaban J connectivity index is 2.76. The van der Waals surface area contributed by atoms with Crippen LogP contribution in [0.25, 0.3) is 0 Å². The molecule has 0 heterocycles. The van der Waals surface area contributed by atoms with Gasteiger partial charge in [-0.25, -0.2) is 0 Å². The molecule has 2 nitrogen and oxygen atoms in total. The Morgan fingerprint density at radius 3 is 2.42 bits per heavy atom. The van der Waals surface area contributed by atoms with Crippen LogP contribution >= 0.6 is 0 Å². The van der Waals surface area contributed by atoms with E-state index in [0.717, 1.165) is 12.8 Å². The number of aryl methyl sites for hydroxylation is 1. The number of carboxylic acid groups (broad SMARTS) is 1. The third kappa shape index (κ3) is 4.70. The largest absolute Gasteiger partial charge is 0.481 e. The van der Waals surface area contributed by atoms with E-state index in [9.17, 15) is 4.79 Å². The van der Waals surface area contributed by atoms with E-state index in [1.807, 2.05) is 0 Å². The van der Waals surface area contributed by atoms with E-state index in [1.54, 1.807) is 0 Å². The van der Waals surface area contributed by atoms with Crippen LogP contribution in [0.2, 0.25) is 0 Å². The number of hydrogen-bond donors (Lipinski definition) is 1. The zero-order chi connectivity index (χ0) is 14.6. The van der Waals surface area contributed by atoms with Gasteiger partial charge in [-0.3, -0.25) is 4.79 Å². The van der Waals surface area contributed by atoms with Crippen molar-refractivity contribution in [2.24, 2.45) is 0 Å². The second-order valence-electron chi connectivity index (χ2n) is 6.51. The zero-order valence-electron chi connectivity index (χ0n) is 12.8. The van der Waals surface area contributed by atoms with Crippen LogP contribution in [-0.2, 0) is 10.2 Å². The van der Waals surface area contributed by atoms with Gasteiger partial charge in [0.05, 0.1) is 0 Å². The first-order chi connectivity index (χ1) is 8.71. The molecule has 1 aromatic carbocycles. The van der Waals surface area contributed by atoms with Gasteiger partial charge in [0.2, 0.25) is 0 Å². The van der Waals surface area contributed by atoms with Crippen LogP contribution in [0.1, 0.15) is 69.6 Å². The summed E-state index contributed by atoms with van der Waals surface area (Å²) in [5, 5.41) is 8.68. The van der Waals surface area contributed by atoms with Crippen LogP contribution < -0.4 is 0 Å². The minimum absolute atomic E-state index is 0.176. The van der Waals surface area contributed by atoms with Crippen LogP contribution in [0.15, 0.2) is 18.2 Å². The molecule has 106 valence electrons. The SMILES string of the molecule is Cc1cc(C(C)(C)C)ccc1C(C)CCCC(=O)O. The summed E-state index contributed by atoms with van der Waals surface area (Å²) in [6.07, 6.45) is 1.95. The Morgan fingerprint density at radius 1 is 1.32 bits per heavy atom. The molecular formula is C17H26O2. The van der Waals surface area contributed by atoms with Crippen molar-refractivity contribution in [2.45, 2.75) is 65.2 Å². The Hall–Kier alpha value is -1.31. The minimum atomic E-state index is -0.702. The van der Waals surface area contributed by atoms with Crippen molar-refractivity contribution < 1.29 is 9.90 Å². The quantitative estimate of drug-likeness (QED) is 0.838. The van der Waals surface area contributed by atoms with Crippen LogP contribution in [-0.4, -0.2) is 11.1 Å². The molecule has 1 atom stereocenters. The highest BCUT2D eigenvalue weighted by Gasteiger charge is 2.16. The lowest BCUT2D eigenvalue weighted by molar-refractivity contribution is -0.137. The smallest absolute Gasteiger partial charge is 0.303 e. The fourth-order valence-corrected chi connectivity index (χ4v) is 2.41. The average Bonchev–Trinajstić information content (AvgIpc) is 2.26. The summed E-state index contributed by atoms with van der Waals surface area (Å²) in [4.78, 5) is 10.5. The van der Waals surface area contributed by atoms with E-state index in [0.29, 0.717) is 5.92 Å². The van der Waals surface area contributed by atoms with Gasteiger partial charge in [-0.1, -0.05) is 45.9 Å². The van der Waals surface area contributed by atoms with Crippen LogP contribution in [0.3, 0.4) is 0 Å². The maximum absolute atomic E-state index is 10.5. The van der Waals surface area contributed by atoms with Crippen LogP contribution in [0, 0.1) is 6.92 Å². The molecule has 1 aromatic rings. The third-order valence-electron chi connectivity index (χ3n) is 3.69. The summed E-state index contributed by atoms with van der Waals surface area (Å²) >= 11 is 0. The first kappa shape index (κ1) is 15.7. The number of carbonyl (C=O) groups is 1. The normalized spacial score (nSPS) is 13.3. The molecule has 1 N–H and O–H groups in total. The van der Waals surface area contributed by atoms with Crippen molar-refractivity contribution in [3.63, 3.8) is 0 Å². The van der Waals surface area contributed by atoms with Crippen molar-refractivity contribution in [3.05, 3.63) is 34.9 Å². The summed E-state index contributed by atoms with van der Waals surface area (Å²) in [5.41, 5.74) is 4.19. The molecule has 2 heteroatoms. The molecule has 1 rings (SSSR count). The number of hydrogen-bond acceptors (Lipinski definition) is 1. The lowest BCUT2D eigenvalue weighted by Gasteiger charge is -2.22. The Labute approximate surface area is 116 Å². The fourth-order valence-electron chi connectivity index (χ4n) is 2.41. The van der Waals surface area contributed by atoms with E-state index in [4.69, 9.17) is 5.11 Å². The van der Waals surface area contributed by atoms with E-state index < -0.39 is 5.97 Å². The molecule has 0 aliphatic heterocycles. The minimum Gasteiger partial charge on any atom is -0.481 e. The third-order valence-corrected chi connectivity index (χ3v) is 3.69. The highest BCUT2D eigenvalue weighted by atomic mass is 16.4. The first-order valence-corrected chi connectivity index (χ1v) is 7.04. The zero-order valence-corrected chi connectivity index (χ0v) is 12.8. The first-order valence-electron chi connectivity index (χ1n) is 7.04. The summed E-state index contributed by atoms with van der Waals surface area (Å²) < 4.78 is 0. The molecule has 0 saturated heterocycles. The summed E-state index contributed by atoms with van der Waals surface area (Å²) in [6.45, 7) is 11.0. The van der Waals surface area contributed by atoms with Gasteiger partial charge in [0.15, 0.2) is 0 Å². The fraction of sp³-hybridized carbons (Fsp3) is 0.588. The Bertz CT molecular complexity index is 441. The average molecular weight is 262 g/mol. The molecule has 0 aliphatic rings. The molecule has 0 spiro atoms. The standard InChI is InChI=1S/C17H26O2/c1-12(7-6-8-16(18)19)15-10-9-14(11-13(15)2)17(3,4)5/h9-12H,6-8H2,1-5H3,(H,18,19). The van der Waals surface area contributed by atoms with Gasteiger partial charge >= 0.3 is 5.97 Å². The van der Waals surface area contributed by atoms with Gasteiger partial charge in [-0.2, -0.15) is 0 Å². The predicted octanol–water partition coefficient (Wildman–Crippen LogP) is 4.65. The molecule has 0 aromatic heterocycles. The Morgan fingerprint density at radius 2 is 1.95 bits per heavy atom. The molecule has 0 saturated carbocycles. The summed E-state index contributed by atoms with van der Waals surface area (Å²) in [5.74, 6) is -0.277. The molecule has 0 bridgehead atoms. The maximum Gasteiger partial charge on any atom is 0.303 e. The molecule has 0 aliphatic carbocycles. The van der Waals surface area contributed by atoms with E-state index in [2.05, 4.69) is 52.8 Å². The monoisotopic (exact) mass is 262 g/mol. The second-order valence-corrected chi connectivity index (χ2v) is 6.51. The molecule has 0 amide bonds. The molecule has 1 unspecified atom stereocenters. The van der Waals surface area contributed by atoms with E-state index in [1.165, 1.54) is 16.7 Å². The number of carboxylic acids is 1. The second kappa shape index (κ2) is 6.23. The Kier molecular flexibility index (Phi) is 5.16. The van der Waals surface area contributed by atoms with E-state index in [-0.39, 0.29) is 11.8 Å². The van der Waals surface area contributed by atoms with Crippen molar-refractivity contribution in [2.75, 3.05) is 0 Å². The van der Waals surface area contributed by atoms with Crippen molar-refractivity contribution >= 4 is 5.97 Å². The maximum atomic E-state index is 10.5.